The molecule has 0 saturated heterocycles. The molecule has 0 saturated carbocycles. The molecular formula is C10H17NO3. The minimum atomic E-state index is -0.474. The number of carbonyl (C=O) groups is 2. The first-order chi connectivity index (χ1) is 6.70. The minimum absolute atomic E-state index is 0.264. The number of nitrogens with one attached hydrogen (secondary N) is 1. The van der Waals surface area contributed by atoms with Gasteiger partial charge in [0.25, 0.3) is 0 Å². The number of hydrogen-bond acceptors (Lipinski definition) is 3. The van der Waals surface area contributed by atoms with Crippen LogP contribution in [0.4, 0.5) is 0 Å². The minimum Gasteiger partial charge on any atom is -0.463 e. The molecule has 14 heavy (non-hydrogen) atoms. The van der Waals surface area contributed by atoms with Crippen molar-refractivity contribution in [3.8, 4) is 0 Å². The highest BCUT2D eigenvalue weighted by Gasteiger charge is 1.97. The third kappa shape index (κ3) is 7.34. The third-order valence-corrected chi connectivity index (χ3v) is 1.37. The summed E-state index contributed by atoms with van der Waals surface area (Å²) in [6.07, 6.45) is 3.98. The van der Waals surface area contributed by atoms with Gasteiger partial charge in [-0.2, -0.15) is 0 Å². The molecule has 0 bridgehead atoms. The van der Waals surface area contributed by atoms with E-state index in [1.54, 1.807) is 0 Å². The Morgan fingerprint density at radius 3 is 2.50 bits per heavy atom. The maximum absolute atomic E-state index is 11.0. The SMILES string of the molecule is CCCNC(=O)/C=C\C(=O)OCCC. The Hall–Kier alpha value is -1.32. The summed E-state index contributed by atoms with van der Waals surface area (Å²) in [5.74, 6) is -0.737. The van der Waals surface area contributed by atoms with Crippen LogP contribution in [0.15, 0.2) is 12.2 Å². The average Bonchev–Trinajstić information content (AvgIpc) is 2.20. The Bertz CT molecular complexity index is 189. The van der Waals surface area contributed by atoms with Gasteiger partial charge in [-0.3, -0.25) is 4.79 Å². The zero-order valence-electron chi connectivity index (χ0n) is 8.71. The first-order valence-corrected chi connectivity index (χ1v) is 4.83. The average molecular weight is 199 g/mol. The van der Waals surface area contributed by atoms with Gasteiger partial charge >= 0.3 is 5.97 Å². The van der Waals surface area contributed by atoms with Crippen LogP contribution in [0, 0.1) is 0 Å². The Morgan fingerprint density at radius 1 is 1.21 bits per heavy atom. The Labute approximate surface area is 84.3 Å². The van der Waals surface area contributed by atoms with Crippen LogP contribution in [-0.2, 0) is 14.3 Å². The van der Waals surface area contributed by atoms with E-state index in [1.807, 2.05) is 13.8 Å². The van der Waals surface area contributed by atoms with Crippen LogP contribution in [0.5, 0.6) is 0 Å². The molecule has 1 amide bonds. The molecule has 0 aromatic rings. The third-order valence-electron chi connectivity index (χ3n) is 1.37. The molecule has 0 aliphatic rings. The molecule has 4 nitrogen and oxygen atoms in total. The monoisotopic (exact) mass is 199 g/mol. The number of hydrogen-bond donors (Lipinski definition) is 1. The fourth-order valence-corrected chi connectivity index (χ4v) is 0.702. The predicted octanol–water partition coefficient (Wildman–Crippen LogP) is 1.02. The van der Waals surface area contributed by atoms with Gasteiger partial charge in [-0.25, -0.2) is 4.79 Å². The summed E-state index contributed by atoms with van der Waals surface area (Å²) in [6.45, 7) is 4.87. The lowest BCUT2D eigenvalue weighted by Gasteiger charge is -1.98. The van der Waals surface area contributed by atoms with Gasteiger partial charge in [0.05, 0.1) is 6.61 Å². The molecule has 1 N–H and O–H groups in total. The molecule has 0 spiro atoms. The summed E-state index contributed by atoms with van der Waals surface area (Å²) in [7, 11) is 0. The van der Waals surface area contributed by atoms with Crippen molar-refractivity contribution < 1.29 is 14.3 Å². The van der Waals surface area contributed by atoms with E-state index < -0.39 is 5.97 Å². The van der Waals surface area contributed by atoms with Crippen LogP contribution in [0.1, 0.15) is 26.7 Å². The van der Waals surface area contributed by atoms with Gasteiger partial charge in [-0.1, -0.05) is 13.8 Å². The highest BCUT2D eigenvalue weighted by Crippen LogP contribution is 1.85. The highest BCUT2D eigenvalue weighted by atomic mass is 16.5. The zero-order valence-corrected chi connectivity index (χ0v) is 8.71. The molecule has 4 heteroatoms. The molecule has 0 heterocycles. The second-order valence-corrected chi connectivity index (χ2v) is 2.79. The molecule has 0 rings (SSSR count). The van der Waals surface area contributed by atoms with E-state index in [1.165, 1.54) is 6.08 Å². The maximum Gasteiger partial charge on any atom is 0.330 e. The normalized spacial score (nSPS) is 10.1. The van der Waals surface area contributed by atoms with Crippen LogP contribution < -0.4 is 5.32 Å². The first kappa shape index (κ1) is 12.7. The fourth-order valence-electron chi connectivity index (χ4n) is 0.702. The van der Waals surface area contributed by atoms with E-state index in [2.05, 4.69) is 5.32 Å². The van der Waals surface area contributed by atoms with Crippen molar-refractivity contribution in [2.45, 2.75) is 26.7 Å². The zero-order chi connectivity index (χ0) is 10.8. The van der Waals surface area contributed by atoms with Crippen molar-refractivity contribution in [2.75, 3.05) is 13.2 Å². The van der Waals surface area contributed by atoms with Crippen molar-refractivity contribution in [1.82, 2.24) is 5.32 Å². The number of rotatable bonds is 6. The van der Waals surface area contributed by atoms with Gasteiger partial charge in [-0.15, -0.1) is 0 Å². The summed E-state index contributed by atoms with van der Waals surface area (Å²) < 4.78 is 4.74. The van der Waals surface area contributed by atoms with Gasteiger partial charge in [0.2, 0.25) is 5.91 Å². The van der Waals surface area contributed by atoms with Gasteiger partial charge in [0.15, 0.2) is 0 Å². The van der Waals surface area contributed by atoms with Crippen LogP contribution in [0.2, 0.25) is 0 Å². The Balaban J connectivity index is 3.68. The summed E-state index contributed by atoms with van der Waals surface area (Å²) in [4.78, 5) is 21.9. The highest BCUT2D eigenvalue weighted by molar-refractivity contribution is 5.94. The molecule has 0 unspecified atom stereocenters. The van der Waals surface area contributed by atoms with Gasteiger partial charge in [0.1, 0.15) is 0 Å². The summed E-state index contributed by atoms with van der Waals surface area (Å²) in [5.41, 5.74) is 0. The number of amides is 1. The molecule has 80 valence electrons. The van der Waals surface area contributed by atoms with E-state index in [9.17, 15) is 9.59 Å². The van der Waals surface area contributed by atoms with E-state index in [4.69, 9.17) is 4.74 Å². The van der Waals surface area contributed by atoms with Crippen molar-refractivity contribution in [1.29, 1.82) is 0 Å². The molecule has 0 aromatic heterocycles. The van der Waals surface area contributed by atoms with E-state index in [-0.39, 0.29) is 5.91 Å². The molecule has 0 aliphatic heterocycles. The fraction of sp³-hybridized carbons (Fsp3) is 0.600. The van der Waals surface area contributed by atoms with Crippen LogP contribution in [-0.4, -0.2) is 25.0 Å². The number of carbonyl (C=O) groups excluding carboxylic acids is 2. The number of ether oxygens (including phenoxy) is 1. The quantitative estimate of drug-likeness (QED) is 0.513. The maximum atomic E-state index is 11.0. The van der Waals surface area contributed by atoms with Gasteiger partial charge in [-0.05, 0) is 12.8 Å². The summed E-state index contributed by atoms with van der Waals surface area (Å²) in [5, 5.41) is 2.61. The Morgan fingerprint density at radius 2 is 1.93 bits per heavy atom. The van der Waals surface area contributed by atoms with Gasteiger partial charge in [0, 0.05) is 18.7 Å². The van der Waals surface area contributed by atoms with Crippen molar-refractivity contribution in [2.24, 2.45) is 0 Å². The lowest BCUT2D eigenvalue weighted by molar-refractivity contribution is -0.138. The largest absolute Gasteiger partial charge is 0.463 e. The second kappa shape index (κ2) is 8.29. The van der Waals surface area contributed by atoms with Crippen LogP contribution in [0.3, 0.4) is 0 Å². The molecule has 0 atom stereocenters. The topological polar surface area (TPSA) is 55.4 Å². The lowest BCUT2D eigenvalue weighted by Crippen LogP contribution is -2.21. The molecule has 0 radical (unpaired) electrons. The number of esters is 1. The molecule has 0 fully saturated rings. The van der Waals surface area contributed by atoms with Crippen LogP contribution >= 0.6 is 0 Å². The van der Waals surface area contributed by atoms with Gasteiger partial charge < -0.3 is 10.1 Å². The first-order valence-electron chi connectivity index (χ1n) is 4.83. The molecule has 0 aromatic carbocycles. The molecular weight excluding hydrogens is 182 g/mol. The smallest absolute Gasteiger partial charge is 0.330 e. The van der Waals surface area contributed by atoms with Crippen molar-refractivity contribution in [3.05, 3.63) is 12.2 Å². The second-order valence-electron chi connectivity index (χ2n) is 2.79. The molecule has 0 aliphatic carbocycles. The van der Waals surface area contributed by atoms with E-state index in [0.717, 1.165) is 18.9 Å². The van der Waals surface area contributed by atoms with E-state index >= 15 is 0 Å². The Kier molecular flexibility index (Phi) is 7.50. The van der Waals surface area contributed by atoms with E-state index in [0.29, 0.717) is 13.2 Å². The summed E-state index contributed by atoms with van der Waals surface area (Å²) in [6, 6.07) is 0. The van der Waals surface area contributed by atoms with Crippen molar-refractivity contribution >= 4 is 11.9 Å². The lowest BCUT2D eigenvalue weighted by atomic mass is 10.4. The van der Waals surface area contributed by atoms with Crippen LogP contribution in [0.25, 0.3) is 0 Å². The van der Waals surface area contributed by atoms with Crippen molar-refractivity contribution in [3.63, 3.8) is 0 Å². The standard InChI is InChI=1S/C10H17NO3/c1-3-7-11-9(12)5-6-10(13)14-8-4-2/h5-6H,3-4,7-8H2,1-2H3,(H,11,12)/b6-5-. The summed E-state index contributed by atoms with van der Waals surface area (Å²) >= 11 is 0. The predicted molar refractivity (Wildman–Crippen MR) is 53.7 cm³/mol.